The van der Waals surface area contributed by atoms with E-state index >= 15 is 0 Å². The van der Waals surface area contributed by atoms with E-state index in [1.165, 1.54) is 10.6 Å². The number of hydrogen-bond acceptors (Lipinski definition) is 4. The van der Waals surface area contributed by atoms with Gasteiger partial charge in [-0.3, -0.25) is 5.10 Å². The highest BCUT2D eigenvalue weighted by Crippen LogP contribution is 2.08. The number of aromatic amines is 1. The molecule has 8 heteroatoms. The molecule has 0 radical (unpaired) electrons. The largest absolute Gasteiger partial charge is 0.280 e. The molecule has 0 saturated heterocycles. The predicted octanol–water partition coefficient (Wildman–Crippen LogP) is 0.0419. The summed E-state index contributed by atoms with van der Waals surface area (Å²) in [4.78, 5) is 3.90. The van der Waals surface area contributed by atoms with Crippen LogP contribution in [-0.2, 0) is 10.2 Å². The highest BCUT2D eigenvalue weighted by atomic mass is 32.2. The third-order valence-electron chi connectivity index (χ3n) is 2.21. The monoisotopic (exact) mass is 247 g/mol. The van der Waals surface area contributed by atoms with Crippen molar-refractivity contribution in [2.75, 3.05) is 13.1 Å². The summed E-state index contributed by atoms with van der Waals surface area (Å²) in [7, 11) is -3.45. The van der Waals surface area contributed by atoms with Crippen molar-refractivity contribution in [3.05, 3.63) is 12.2 Å². The van der Waals surface area contributed by atoms with E-state index in [0.717, 1.165) is 0 Å². The molecule has 0 aliphatic rings. The Morgan fingerprint density at radius 1 is 1.50 bits per heavy atom. The minimum Gasteiger partial charge on any atom is -0.262 e. The number of rotatable bonds is 6. The molecule has 1 rings (SSSR count). The Hall–Kier alpha value is -0.990. The molecular formula is C8H17N5O2S. The van der Waals surface area contributed by atoms with Crippen molar-refractivity contribution in [3.8, 4) is 0 Å². The van der Waals surface area contributed by atoms with Gasteiger partial charge in [0, 0.05) is 13.1 Å². The van der Waals surface area contributed by atoms with Gasteiger partial charge in [0.15, 0.2) is 0 Å². The standard InChI is InChI=1S/C8H17N5O2S/c1-4-13(5-2)16(14,15)12-7(3)8-9-6-10-11-8/h6-7,12H,4-5H2,1-3H3,(H,9,10,11). The molecule has 0 fully saturated rings. The second-order valence-electron chi connectivity index (χ2n) is 3.30. The molecule has 1 unspecified atom stereocenters. The maximum Gasteiger partial charge on any atom is 0.280 e. The molecule has 1 heterocycles. The average molecular weight is 247 g/mol. The molecule has 0 aliphatic carbocycles. The third-order valence-corrected chi connectivity index (χ3v) is 4.06. The number of nitrogens with one attached hydrogen (secondary N) is 2. The van der Waals surface area contributed by atoms with Crippen molar-refractivity contribution >= 4 is 10.2 Å². The first kappa shape index (κ1) is 13.1. The van der Waals surface area contributed by atoms with Gasteiger partial charge in [-0.15, -0.1) is 0 Å². The number of aromatic nitrogens is 3. The molecule has 92 valence electrons. The van der Waals surface area contributed by atoms with Crippen LogP contribution in [0, 0.1) is 0 Å². The summed E-state index contributed by atoms with van der Waals surface area (Å²) < 4.78 is 27.6. The highest BCUT2D eigenvalue weighted by Gasteiger charge is 2.22. The van der Waals surface area contributed by atoms with Crippen LogP contribution in [0.15, 0.2) is 6.33 Å². The summed E-state index contributed by atoms with van der Waals surface area (Å²) >= 11 is 0. The average Bonchev–Trinajstić information content (AvgIpc) is 2.70. The van der Waals surface area contributed by atoms with E-state index in [0.29, 0.717) is 18.9 Å². The van der Waals surface area contributed by atoms with E-state index in [1.54, 1.807) is 20.8 Å². The molecule has 0 aliphatic heterocycles. The van der Waals surface area contributed by atoms with Crippen LogP contribution < -0.4 is 4.72 Å². The second kappa shape index (κ2) is 5.37. The van der Waals surface area contributed by atoms with E-state index in [9.17, 15) is 8.42 Å². The van der Waals surface area contributed by atoms with Gasteiger partial charge < -0.3 is 0 Å². The summed E-state index contributed by atoms with van der Waals surface area (Å²) in [6, 6.07) is -0.423. The van der Waals surface area contributed by atoms with Crippen LogP contribution in [0.3, 0.4) is 0 Å². The van der Waals surface area contributed by atoms with Crippen molar-refractivity contribution in [3.63, 3.8) is 0 Å². The van der Waals surface area contributed by atoms with Gasteiger partial charge in [-0.05, 0) is 6.92 Å². The van der Waals surface area contributed by atoms with Gasteiger partial charge in [0.25, 0.3) is 10.2 Å². The number of hydrogen-bond donors (Lipinski definition) is 2. The van der Waals surface area contributed by atoms with Crippen LogP contribution in [0.2, 0.25) is 0 Å². The van der Waals surface area contributed by atoms with Crippen LogP contribution in [0.4, 0.5) is 0 Å². The summed E-state index contributed by atoms with van der Waals surface area (Å²) in [5.41, 5.74) is 0. The van der Waals surface area contributed by atoms with Crippen LogP contribution in [0.5, 0.6) is 0 Å². The lowest BCUT2D eigenvalue weighted by molar-refractivity contribution is 0.427. The van der Waals surface area contributed by atoms with E-state index in [1.807, 2.05) is 0 Å². The maximum absolute atomic E-state index is 11.9. The van der Waals surface area contributed by atoms with E-state index < -0.39 is 16.3 Å². The van der Waals surface area contributed by atoms with Gasteiger partial charge in [0.2, 0.25) is 0 Å². The molecule has 0 aromatic carbocycles. The fourth-order valence-electron chi connectivity index (χ4n) is 1.34. The Bertz CT molecular complexity index is 398. The zero-order chi connectivity index (χ0) is 12.2. The molecule has 1 atom stereocenters. The zero-order valence-electron chi connectivity index (χ0n) is 9.64. The SMILES string of the molecule is CCN(CC)S(=O)(=O)NC(C)c1ncn[nH]1. The molecule has 0 saturated carbocycles. The normalized spacial score (nSPS) is 14.2. The molecule has 1 aromatic rings. The van der Waals surface area contributed by atoms with Gasteiger partial charge in [-0.1, -0.05) is 13.8 Å². The Balaban J connectivity index is 2.73. The van der Waals surface area contributed by atoms with Crippen molar-refractivity contribution in [1.29, 1.82) is 0 Å². The van der Waals surface area contributed by atoms with E-state index in [-0.39, 0.29) is 0 Å². The first-order chi connectivity index (χ1) is 7.51. The lowest BCUT2D eigenvalue weighted by atomic mass is 10.3. The Kier molecular flexibility index (Phi) is 4.39. The van der Waals surface area contributed by atoms with Crippen LogP contribution in [-0.4, -0.2) is 41.0 Å². The van der Waals surface area contributed by atoms with Crippen molar-refractivity contribution in [2.45, 2.75) is 26.8 Å². The summed E-state index contributed by atoms with van der Waals surface area (Å²) in [6.45, 7) is 6.18. The topological polar surface area (TPSA) is 91.0 Å². The molecule has 16 heavy (non-hydrogen) atoms. The lowest BCUT2D eigenvalue weighted by Gasteiger charge is -2.21. The van der Waals surface area contributed by atoms with Crippen molar-refractivity contribution < 1.29 is 8.42 Å². The van der Waals surface area contributed by atoms with Crippen molar-refractivity contribution in [1.82, 2.24) is 24.2 Å². The summed E-state index contributed by atoms with van der Waals surface area (Å²) in [6.07, 6.45) is 1.34. The van der Waals surface area contributed by atoms with Gasteiger partial charge in [0.05, 0.1) is 6.04 Å². The lowest BCUT2D eigenvalue weighted by Crippen LogP contribution is -2.41. The van der Waals surface area contributed by atoms with Crippen molar-refractivity contribution in [2.24, 2.45) is 0 Å². The third kappa shape index (κ3) is 3.00. The van der Waals surface area contributed by atoms with E-state index in [4.69, 9.17) is 0 Å². The molecule has 0 amide bonds. The first-order valence-electron chi connectivity index (χ1n) is 5.14. The molecule has 2 N–H and O–H groups in total. The fraction of sp³-hybridized carbons (Fsp3) is 0.750. The molecule has 1 aromatic heterocycles. The van der Waals surface area contributed by atoms with Crippen LogP contribution in [0.1, 0.15) is 32.6 Å². The maximum atomic E-state index is 11.9. The van der Waals surface area contributed by atoms with Crippen LogP contribution >= 0.6 is 0 Å². The number of nitrogens with zero attached hydrogens (tertiary/aromatic N) is 3. The second-order valence-corrected chi connectivity index (χ2v) is 5.00. The Morgan fingerprint density at radius 3 is 2.56 bits per heavy atom. The Labute approximate surface area is 95.4 Å². The smallest absolute Gasteiger partial charge is 0.262 e. The summed E-state index contributed by atoms with van der Waals surface area (Å²) in [5, 5.41) is 6.30. The fourth-order valence-corrected chi connectivity index (χ4v) is 2.73. The summed E-state index contributed by atoms with van der Waals surface area (Å²) in [5.74, 6) is 0.496. The first-order valence-corrected chi connectivity index (χ1v) is 6.58. The van der Waals surface area contributed by atoms with Crippen LogP contribution in [0.25, 0.3) is 0 Å². The molecule has 0 bridgehead atoms. The van der Waals surface area contributed by atoms with Gasteiger partial charge in [-0.2, -0.15) is 22.5 Å². The highest BCUT2D eigenvalue weighted by molar-refractivity contribution is 7.87. The zero-order valence-corrected chi connectivity index (χ0v) is 10.5. The quantitative estimate of drug-likeness (QED) is 0.742. The van der Waals surface area contributed by atoms with Gasteiger partial charge in [-0.25, -0.2) is 4.98 Å². The number of H-pyrrole nitrogens is 1. The minimum absolute atomic E-state index is 0.423. The molecule has 0 spiro atoms. The Morgan fingerprint density at radius 2 is 2.12 bits per heavy atom. The predicted molar refractivity (Wildman–Crippen MR) is 59.8 cm³/mol. The minimum atomic E-state index is -3.45. The molecule has 7 nitrogen and oxygen atoms in total. The molecular weight excluding hydrogens is 230 g/mol. The van der Waals surface area contributed by atoms with Gasteiger partial charge >= 0.3 is 0 Å². The van der Waals surface area contributed by atoms with E-state index in [2.05, 4.69) is 19.9 Å². The van der Waals surface area contributed by atoms with Gasteiger partial charge in [0.1, 0.15) is 12.2 Å².